The normalized spacial score (nSPS) is 11.4. The molecule has 25 heavy (non-hydrogen) atoms. The number of hydrogen-bond acceptors (Lipinski definition) is 2. The maximum atomic E-state index is 12.7. The minimum Gasteiger partial charge on any atom is -0.392 e. The SMILES string of the molecule is NC(=S)c1cccc(-n2cc(CCC(F)F)c3cc(CO)ccc32)c1. The predicted octanol–water partition coefficient (Wildman–Crippen LogP) is 3.95. The van der Waals surface area contributed by atoms with Gasteiger partial charge in [0.1, 0.15) is 4.99 Å². The average molecular weight is 360 g/mol. The molecule has 0 aliphatic rings. The van der Waals surface area contributed by atoms with Gasteiger partial charge in [-0.25, -0.2) is 8.78 Å². The van der Waals surface area contributed by atoms with E-state index in [1.54, 1.807) is 0 Å². The molecule has 3 rings (SSSR count). The Morgan fingerprint density at radius 2 is 2.00 bits per heavy atom. The van der Waals surface area contributed by atoms with Crippen LogP contribution in [0.3, 0.4) is 0 Å². The molecular formula is C19H18F2N2OS. The maximum absolute atomic E-state index is 12.7. The molecule has 0 aliphatic carbocycles. The van der Waals surface area contributed by atoms with E-state index in [9.17, 15) is 13.9 Å². The zero-order chi connectivity index (χ0) is 18.0. The second-order valence-corrected chi connectivity index (χ2v) is 6.32. The van der Waals surface area contributed by atoms with Crippen molar-refractivity contribution in [2.45, 2.75) is 25.9 Å². The maximum Gasteiger partial charge on any atom is 0.239 e. The van der Waals surface area contributed by atoms with Crippen LogP contribution < -0.4 is 5.73 Å². The number of fused-ring (bicyclic) bond motifs is 1. The van der Waals surface area contributed by atoms with Crippen LogP contribution in [-0.4, -0.2) is 21.1 Å². The summed E-state index contributed by atoms with van der Waals surface area (Å²) in [4.78, 5) is 0.304. The summed E-state index contributed by atoms with van der Waals surface area (Å²) < 4.78 is 27.3. The molecule has 0 fully saturated rings. The first-order chi connectivity index (χ1) is 12.0. The van der Waals surface area contributed by atoms with Crippen LogP contribution in [0.2, 0.25) is 0 Å². The van der Waals surface area contributed by atoms with E-state index in [4.69, 9.17) is 18.0 Å². The lowest BCUT2D eigenvalue weighted by Gasteiger charge is -2.08. The van der Waals surface area contributed by atoms with Gasteiger partial charge < -0.3 is 15.4 Å². The standard InChI is InChI=1S/C19H18F2N2OS/c20-18(21)7-5-14-10-23(15-3-1-2-13(9-15)19(22)25)17-6-4-12(11-24)8-16(14)17/h1-4,6,8-10,18,24H,5,7,11H2,(H2,22,25). The number of aryl methyl sites for hydroxylation is 1. The van der Waals surface area contributed by atoms with Gasteiger partial charge in [0.15, 0.2) is 0 Å². The van der Waals surface area contributed by atoms with Crippen molar-refractivity contribution in [3.63, 3.8) is 0 Å². The first-order valence-electron chi connectivity index (χ1n) is 7.91. The second kappa shape index (κ2) is 7.29. The quantitative estimate of drug-likeness (QED) is 0.655. The summed E-state index contributed by atoms with van der Waals surface area (Å²) in [7, 11) is 0. The number of rotatable bonds is 6. The van der Waals surface area contributed by atoms with Crippen LogP contribution in [0.1, 0.15) is 23.1 Å². The molecule has 6 heteroatoms. The van der Waals surface area contributed by atoms with E-state index in [0.717, 1.165) is 33.3 Å². The van der Waals surface area contributed by atoms with Gasteiger partial charge >= 0.3 is 0 Å². The molecule has 1 heterocycles. The van der Waals surface area contributed by atoms with Crippen molar-refractivity contribution in [1.82, 2.24) is 4.57 Å². The van der Waals surface area contributed by atoms with E-state index in [1.165, 1.54) is 0 Å². The fraction of sp³-hybridized carbons (Fsp3) is 0.211. The molecule has 0 saturated heterocycles. The molecule has 0 aliphatic heterocycles. The van der Waals surface area contributed by atoms with Crippen LogP contribution >= 0.6 is 12.2 Å². The minimum atomic E-state index is -2.35. The van der Waals surface area contributed by atoms with E-state index in [-0.39, 0.29) is 19.4 Å². The zero-order valence-electron chi connectivity index (χ0n) is 13.5. The number of halogens is 2. The van der Waals surface area contributed by atoms with Crippen molar-refractivity contribution in [2.75, 3.05) is 0 Å². The molecule has 130 valence electrons. The van der Waals surface area contributed by atoms with Gasteiger partial charge in [-0.1, -0.05) is 30.4 Å². The first-order valence-corrected chi connectivity index (χ1v) is 8.32. The molecule has 0 spiro atoms. The van der Waals surface area contributed by atoms with Gasteiger partial charge in [-0.3, -0.25) is 0 Å². The molecule has 0 amide bonds. The van der Waals surface area contributed by atoms with Crippen molar-refractivity contribution in [3.8, 4) is 5.69 Å². The lowest BCUT2D eigenvalue weighted by molar-refractivity contribution is 0.138. The van der Waals surface area contributed by atoms with E-state index >= 15 is 0 Å². The fourth-order valence-corrected chi connectivity index (χ4v) is 3.06. The Labute approximate surface area is 149 Å². The van der Waals surface area contributed by atoms with Gasteiger partial charge in [-0.2, -0.15) is 0 Å². The molecule has 0 radical (unpaired) electrons. The smallest absolute Gasteiger partial charge is 0.239 e. The Hall–Kier alpha value is -2.31. The monoisotopic (exact) mass is 360 g/mol. The third kappa shape index (κ3) is 3.70. The van der Waals surface area contributed by atoms with Crippen LogP contribution in [0.4, 0.5) is 8.78 Å². The Morgan fingerprint density at radius 1 is 1.20 bits per heavy atom. The lowest BCUT2D eigenvalue weighted by Crippen LogP contribution is -2.09. The number of aliphatic hydroxyl groups excluding tert-OH is 1. The van der Waals surface area contributed by atoms with Gasteiger partial charge in [-0.05, 0) is 41.8 Å². The van der Waals surface area contributed by atoms with Crippen molar-refractivity contribution in [2.24, 2.45) is 5.73 Å². The highest BCUT2D eigenvalue weighted by Crippen LogP contribution is 2.28. The molecule has 3 N–H and O–H groups in total. The average Bonchev–Trinajstić information content (AvgIpc) is 2.97. The number of thiocarbonyl (C=S) groups is 1. The molecule has 0 unspecified atom stereocenters. The van der Waals surface area contributed by atoms with Crippen molar-refractivity contribution < 1.29 is 13.9 Å². The number of nitrogens with zero attached hydrogens (tertiary/aromatic N) is 1. The van der Waals surface area contributed by atoms with Crippen LogP contribution in [-0.2, 0) is 13.0 Å². The van der Waals surface area contributed by atoms with Gasteiger partial charge in [-0.15, -0.1) is 0 Å². The number of nitrogens with two attached hydrogens (primary N) is 1. The summed E-state index contributed by atoms with van der Waals surface area (Å²) in [6.07, 6.45) is -0.412. The summed E-state index contributed by atoms with van der Waals surface area (Å²) in [6.45, 7) is -0.0909. The van der Waals surface area contributed by atoms with E-state index in [0.29, 0.717) is 4.99 Å². The minimum absolute atomic E-state index is 0.0909. The number of aliphatic hydroxyl groups is 1. The second-order valence-electron chi connectivity index (χ2n) is 5.88. The Morgan fingerprint density at radius 3 is 2.68 bits per heavy atom. The van der Waals surface area contributed by atoms with Crippen LogP contribution in [0.5, 0.6) is 0 Å². The van der Waals surface area contributed by atoms with Crippen molar-refractivity contribution >= 4 is 28.1 Å². The Balaban J connectivity index is 2.14. The number of alkyl halides is 2. The van der Waals surface area contributed by atoms with Gasteiger partial charge in [0, 0.05) is 29.3 Å². The van der Waals surface area contributed by atoms with Gasteiger partial charge in [0.05, 0.1) is 12.1 Å². The molecule has 2 aromatic carbocycles. The lowest BCUT2D eigenvalue weighted by atomic mass is 10.1. The highest BCUT2D eigenvalue weighted by molar-refractivity contribution is 7.80. The Kier molecular flexibility index (Phi) is 5.11. The molecule has 3 aromatic rings. The summed E-state index contributed by atoms with van der Waals surface area (Å²) in [5.74, 6) is 0. The summed E-state index contributed by atoms with van der Waals surface area (Å²) in [5, 5.41) is 10.2. The number of aromatic nitrogens is 1. The molecule has 0 bridgehead atoms. The highest BCUT2D eigenvalue weighted by atomic mass is 32.1. The summed E-state index contributed by atoms with van der Waals surface area (Å²) in [6, 6.07) is 13.0. The number of hydrogen-bond donors (Lipinski definition) is 2. The third-order valence-corrected chi connectivity index (χ3v) is 4.41. The summed E-state index contributed by atoms with van der Waals surface area (Å²) in [5.41, 5.74) is 9.78. The van der Waals surface area contributed by atoms with E-state index < -0.39 is 6.43 Å². The van der Waals surface area contributed by atoms with Crippen LogP contribution in [0.25, 0.3) is 16.6 Å². The van der Waals surface area contributed by atoms with E-state index in [2.05, 4.69) is 0 Å². The van der Waals surface area contributed by atoms with Crippen LogP contribution in [0, 0.1) is 0 Å². The molecule has 3 nitrogen and oxygen atoms in total. The molecule has 0 saturated carbocycles. The van der Waals surface area contributed by atoms with Gasteiger partial charge in [0.25, 0.3) is 0 Å². The highest BCUT2D eigenvalue weighted by Gasteiger charge is 2.13. The topological polar surface area (TPSA) is 51.2 Å². The van der Waals surface area contributed by atoms with Crippen molar-refractivity contribution in [1.29, 1.82) is 0 Å². The Bertz CT molecular complexity index is 921. The number of benzene rings is 2. The molecule has 0 atom stereocenters. The molecule has 1 aromatic heterocycles. The largest absolute Gasteiger partial charge is 0.392 e. The third-order valence-electron chi connectivity index (χ3n) is 4.17. The fourth-order valence-electron chi connectivity index (χ4n) is 2.93. The summed E-state index contributed by atoms with van der Waals surface area (Å²) >= 11 is 5.03. The predicted molar refractivity (Wildman–Crippen MR) is 99.4 cm³/mol. The van der Waals surface area contributed by atoms with Gasteiger partial charge in [0.2, 0.25) is 6.43 Å². The van der Waals surface area contributed by atoms with Crippen LogP contribution in [0.15, 0.2) is 48.7 Å². The zero-order valence-corrected chi connectivity index (χ0v) is 14.3. The first kappa shape index (κ1) is 17.5. The van der Waals surface area contributed by atoms with E-state index in [1.807, 2.05) is 53.2 Å². The van der Waals surface area contributed by atoms with Crippen molar-refractivity contribution in [3.05, 3.63) is 65.4 Å². The molecular weight excluding hydrogens is 342 g/mol.